The molecular weight excluding hydrogens is 230 g/mol. The smallest absolute Gasteiger partial charge is 0.127 e. The van der Waals surface area contributed by atoms with Crippen LogP contribution in [0.2, 0.25) is 0 Å². The molecule has 0 saturated carbocycles. The van der Waals surface area contributed by atoms with Gasteiger partial charge in [0.1, 0.15) is 17.3 Å². The SMILES string of the molecule is COc1ccc(C(C)n2nccc2N)c(OC)c1. The first-order chi connectivity index (χ1) is 8.67. The van der Waals surface area contributed by atoms with Crippen molar-refractivity contribution in [2.45, 2.75) is 13.0 Å². The van der Waals surface area contributed by atoms with Crippen LogP contribution >= 0.6 is 0 Å². The van der Waals surface area contributed by atoms with Gasteiger partial charge in [0.05, 0.1) is 26.5 Å². The first-order valence-electron chi connectivity index (χ1n) is 5.68. The van der Waals surface area contributed by atoms with Crippen LogP contribution in [0.25, 0.3) is 0 Å². The highest BCUT2D eigenvalue weighted by molar-refractivity contribution is 5.43. The summed E-state index contributed by atoms with van der Waals surface area (Å²) in [6, 6.07) is 7.48. The van der Waals surface area contributed by atoms with Gasteiger partial charge in [-0.3, -0.25) is 0 Å². The number of ether oxygens (including phenoxy) is 2. The molecule has 1 aromatic carbocycles. The van der Waals surface area contributed by atoms with Crippen molar-refractivity contribution in [3.63, 3.8) is 0 Å². The molecule has 0 aliphatic carbocycles. The van der Waals surface area contributed by atoms with Gasteiger partial charge in [0, 0.05) is 11.6 Å². The molecule has 18 heavy (non-hydrogen) atoms. The predicted molar refractivity (Wildman–Crippen MR) is 70.0 cm³/mol. The second kappa shape index (κ2) is 5.00. The first kappa shape index (κ1) is 12.3. The number of hydrogen-bond donors (Lipinski definition) is 1. The average molecular weight is 247 g/mol. The Balaban J connectivity index is 2.41. The van der Waals surface area contributed by atoms with E-state index in [-0.39, 0.29) is 6.04 Å². The van der Waals surface area contributed by atoms with Crippen LogP contribution in [0, 0.1) is 0 Å². The topological polar surface area (TPSA) is 62.3 Å². The molecule has 0 fully saturated rings. The lowest BCUT2D eigenvalue weighted by Gasteiger charge is -2.18. The van der Waals surface area contributed by atoms with Crippen LogP contribution in [-0.4, -0.2) is 24.0 Å². The number of aromatic nitrogens is 2. The standard InChI is InChI=1S/C13H17N3O2/c1-9(16-13(14)6-7-15-16)11-5-4-10(17-2)8-12(11)18-3/h4-9H,14H2,1-3H3. The van der Waals surface area contributed by atoms with E-state index in [1.807, 2.05) is 25.1 Å². The minimum absolute atomic E-state index is 0.000793. The zero-order chi connectivity index (χ0) is 13.1. The van der Waals surface area contributed by atoms with Gasteiger partial charge in [0.25, 0.3) is 0 Å². The zero-order valence-electron chi connectivity index (χ0n) is 10.8. The molecule has 1 heterocycles. The summed E-state index contributed by atoms with van der Waals surface area (Å²) in [6.07, 6.45) is 1.68. The van der Waals surface area contributed by atoms with Crippen LogP contribution in [0.15, 0.2) is 30.5 Å². The molecule has 1 aromatic heterocycles. The normalized spacial score (nSPS) is 12.2. The van der Waals surface area contributed by atoms with Crippen LogP contribution in [0.5, 0.6) is 11.5 Å². The van der Waals surface area contributed by atoms with E-state index in [4.69, 9.17) is 15.2 Å². The lowest BCUT2D eigenvalue weighted by Crippen LogP contribution is -2.12. The van der Waals surface area contributed by atoms with Gasteiger partial charge in [-0.2, -0.15) is 5.10 Å². The summed E-state index contributed by atoms with van der Waals surface area (Å²) < 4.78 is 12.3. The molecule has 0 aliphatic heterocycles. The molecule has 0 amide bonds. The molecule has 5 heteroatoms. The summed E-state index contributed by atoms with van der Waals surface area (Å²) in [5.41, 5.74) is 6.87. The van der Waals surface area contributed by atoms with Gasteiger partial charge >= 0.3 is 0 Å². The Morgan fingerprint density at radius 3 is 2.56 bits per heavy atom. The van der Waals surface area contributed by atoms with E-state index in [0.717, 1.165) is 17.1 Å². The molecule has 96 valence electrons. The molecule has 1 atom stereocenters. The first-order valence-corrected chi connectivity index (χ1v) is 5.68. The maximum absolute atomic E-state index is 5.86. The minimum atomic E-state index is 0.000793. The van der Waals surface area contributed by atoms with Crippen molar-refractivity contribution in [2.24, 2.45) is 0 Å². The summed E-state index contributed by atoms with van der Waals surface area (Å²) in [4.78, 5) is 0. The van der Waals surface area contributed by atoms with E-state index in [9.17, 15) is 0 Å². The van der Waals surface area contributed by atoms with E-state index >= 15 is 0 Å². The number of benzene rings is 1. The van der Waals surface area contributed by atoms with Crippen LogP contribution in [-0.2, 0) is 0 Å². The molecule has 1 unspecified atom stereocenters. The molecule has 5 nitrogen and oxygen atoms in total. The molecule has 0 spiro atoms. The molecule has 0 aliphatic rings. The number of hydrogen-bond acceptors (Lipinski definition) is 4. The summed E-state index contributed by atoms with van der Waals surface area (Å²) in [5.74, 6) is 2.15. The lowest BCUT2D eigenvalue weighted by molar-refractivity contribution is 0.385. The van der Waals surface area contributed by atoms with Crippen molar-refractivity contribution in [3.05, 3.63) is 36.0 Å². The molecule has 0 radical (unpaired) electrons. The van der Waals surface area contributed by atoms with Gasteiger partial charge in [-0.05, 0) is 25.1 Å². The number of nitrogens with zero attached hydrogens (tertiary/aromatic N) is 2. The molecule has 2 rings (SSSR count). The number of rotatable bonds is 4. The highest BCUT2D eigenvalue weighted by atomic mass is 16.5. The van der Waals surface area contributed by atoms with Gasteiger partial charge in [0.15, 0.2) is 0 Å². The zero-order valence-corrected chi connectivity index (χ0v) is 10.8. The fourth-order valence-electron chi connectivity index (χ4n) is 1.94. The van der Waals surface area contributed by atoms with Crippen molar-refractivity contribution in [1.82, 2.24) is 9.78 Å². The van der Waals surface area contributed by atoms with E-state index < -0.39 is 0 Å². The summed E-state index contributed by atoms with van der Waals surface area (Å²) in [6.45, 7) is 2.02. The van der Waals surface area contributed by atoms with Crippen LogP contribution < -0.4 is 15.2 Å². The third-order valence-electron chi connectivity index (χ3n) is 2.96. The van der Waals surface area contributed by atoms with Crippen molar-refractivity contribution in [1.29, 1.82) is 0 Å². The fraction of sp³-hybridized carbons (Fsp3) is 0.308. The lowest BCUT2D eigenvalue weighted by atomic mass is 10.1. The highest BCUT2D eigenvalue weighted by Crippen LogP contribution is 2.31. The Morgan fingerprint density at radius 2 is 2.00 bits per heavy atom. The molecule has 0 bridgehead atoms. The van der Waals surface area contributed by atoms with Gasteiger partial charge in [-0.15, -0.1) is 0 Å². The summed E-state index contributed by atoms with van der Waals surface area (Å²) in [5, 5.41) is 4.21. The Labute approximate surface area is 106 Å². The Morgan fingerprint density at radius 1 is 1.22 bits per heavy atom. The van der Waals surface area contributed by atoms with Crippen LogP contribution in [0.1, 0.15) is 18.5 Å². The largest absolute Gasteiger partial charge is 0.497 e. The van der Waals surface area contributed by atoms with E-state index in [1.165, 1.54) is 0 Å². The van der Waals surface area contributed by atoms with Crippen molar-refractivity contribution < 1.29 is 9.47 Å². The second-order valence-corrected chi connectivity index (χ2v) is 3.98. The van der Waals surface area contributed by atoms with Crippen LogP contribution in [0.3, 0.4) is 0 Å². The summed E-state index contributed by atoms with van der Waals surface area (Å²) in [7, 11) is 3.26. The van der Waals surface area contributed by atoms with E-state index in [2.05, 4.69) is 5.10 Å². The third kappa shape index (κ3) is 2.11. The Kier molecular flexibility index (Phi) is 3.41. The fourth-order valence-corrected chi connectivity index (χ4v) is 1.94. The van der Waals surface area contributed by atoms with Crippen LogP contribution in [0.4, 0.5) is 5.82 Å². The maximum Gasteiger partial charge on any atom is 0.127 e. The predicted octanol–water partition coefficient (Wildman–Crippen LogP) is 2.09. The Hall–Kier alpha value is -2.17. The number of anilines is 1. The molecule has 2 N–H and O–H groups in total. The highest BCUT2D eigenvalue weighted by Gasteiger charge is 2.16. The molecule has 0 saturated heterocycles. The molecule has 2 aromatic rings. The minimum Gasteiger partial charge on any atom is -0.497 e. The van der Waals surface area contributed by atoms with Crippen molar-refractivity contribution >= 4 is 5.82 Å². The van der Waals surface area contributed by atoms with Crippen molar-refractivity contribution in [2.75, 3.05) is 20.0 Å². The third-order valence-corrected chi connectivity index (χ3v) is 2.96. The van der Waals surface area contributed by atoms with Gasteiger partial charge < -0.3 is 15.2 Å². The second-order valence-electron chi connectivity index (χ2n) is 3.98. The number of methoxy groups -OCH3 is 2. The number of nitrogen functional groups attached to an aromatic ring is 1. The maximum atomic E-state index is 5.86. The monoisotopic (exact) mass is 247 g/mol. The molecular formula is C13H17N3O2. The van der Waals surface area contributed by atoms with E-state index in [1.54, 1.807) is 31.2 Å². The van der Waals surface area contributed by atoms with E-state index in [0.29, 0.717) is 5.82 Å². The quantitative estimate of drug-likeness (QED) is 0.898. The van der Waals surface area contributed by atoms with Crippen molar-refractivity contribution in [3.8, 4) is 11.5 Å². The summed E-state index contributed by atoms with van der Waals surface area (Å²) >= 11 is 0. The van der Waals surface area contributed by atoms with Gasteiger partial charge in [-0.1, -0.05) is 0 Å². The average Bonchev–Trinajstić information content (AvgIpc) is 2.83. The Bertz CT molecular complexity index is 537. The number of nitrogens with two attached hydrogens (primary N) is 1. The van der Waals surface area contributed by atoms with Gasteiger partial charge in [-0.25, -0.2) is 4.68 Å². The van der Waals surface area contributed by atoms with Gasteiger partial charge in [0.2, 0.25) is 0 Å².